The van der Waals surface area contributed by atoms with E-state index in [9.17, 15) is 9.59 Å². The fraction of sp³-hybridized carbons (Fsp3) is 0.312. The maximum absolute atomic E-state index is 12.2. The molecule has 0 unspecified atom stereocenters. The van der Waals surface area contributed by atoms with E-state index in [4.69, 9.17) is 19.9 Å². The molecule has 0 saturated carbocycles. The summed E-state index contributed by atoms with van der Waals surface area (Å²) in [6.07, 6.45) is 0. The Morgan fingerprint density at radius 2 is 2.00 bits per heavy atom. The van der Waals surface area contributed by atoms with Gasteiger partial charge in [0.25, 0.3) is 0 Å². The standard InChI is InChI=1S/C16H18BrN3O5/c1-4-25-16(22)13-12(18)14(17)19-20(13)8-10-6-5-9(15(21)24-3)7-11(10)23-2/h5-7H,4,8,18H2,1-3H3. The third-order valence-electron chi connectivity index (χ3n) is 3.44. The van der Waals surface area contributed by atoms with Crippen LogP contribution in [-0.2, 0) is 16.0 Å². The van der Waals surface area contributed by atoms with Gasteiger partial charge in [-0.25, -0.2) is 9.59 Å². The summed E-state index contributed by atoms with van der Waals surface area (Å²) in [4.78, 5) is 23.8. The Hall–Kier alpha value is -2.55. The van der Waals surface area contributed by atoms with Crippen molar-refractivity contribution in [3.63, 3.8) is 0 Å². The number of rotatable bonds is 6. The molecule has 1 aromatic heterocycles. The predicted octanol–water partition coefficient (Wildman–Crippen LogP) is 2.25. The molecule has 0 amide bonds. The van der Waals surface area contributed by atoms with E-state index < -0.39 is 11.9 Å². The van der Waals surface area contributed by atoms with Crippen LogP contribution < -0.4 is 10.5 Å². The Bertz CT molecular complexity index is 803. The van der Waals surface area contributed by atoms with Gasteiger partial charge in [-0.15, -0.1) is 0 Å². The Kier molecular flexibility index (Phi) is 6.02. The Morgan fingerprint density at radius 3 is 2.60 bits per heavy atom. The van der Waals surface area contributed by atoms with Gasteiger partial charge in [-0.3, -0.25) is 4.68 Å². The number of aromatic nitrogens is 2. The molecule has 25 heavy (non-hydrogen) atoms. The van der Waals surface area contributed by atoms with E-state index >= 15 is 0 Å². The molecule has 2 rings (SSSR count). The lowest BCUT2D eigenvalue weighted by Gasteiger charge is -2.12. The highest BCUT2D eigenvalue weighted by atomic mass is 79.9. The van der Waals surface area contributed by atoms with Crippen LogP contribution in [0.25, 0.3) is 0 Å². The fourth-order valence-electron chi connectivity index (χ4n) is 2.26. The van der Waals surface area contributed by atoms with Crippen molar-refractivity contribution in [1.29, 1.82) is 0 Å². The number of hydrogen-bond acceptors (Lipinski definition) is 7. The first kappa shape index (κ1) is 18.8. The molecule has 8 nitrogen and oxygen atoms in total. The van der Waals surface area contributed by atoms with E-state index in [0.717, 1.165) is 0 Å². The van der Waals surface area contributed by atoms with Gasteiger partial charge in [-0.2, -0.15) is 5.10 Å². The van der Waals surface area contributed by atoms with Gasteiger partial charge in [0, 0.05) is 5.56 Å². The molecular weight excluding hydrogens is 394 g/mol. The minimum Gasteiger partial charge on any atom is -0.496 e. The van der Waals surface area contributed by atoms with Gasteiger partial charge in [0.2, 0.25) is 0 Å². The number of carbonyl (C=O) groups is 2. The van der Waals surface area contributed by atoms with Gasteiger partial charge in [-0.05, 0) is 35.0 Å². The van der Waals surface area contributed by atoms with Crippen molar-refractivity contribution in [2.75, 3.05) is 26.6 Å². The molecular formula is C16H18BrN3O5. The molecule has 1 heterocycles. The van der Waals surface area contributed by atoms with E-state index in [1.165, 1.54) is 18.9 Å². The van der Waals surface area contributed by atoms with Crippen molar-refractivity contribution in [2.24, 2.45) is 0 Å². The van der Waals surface area contributed by atoms with E-state index in [1.807, 2.05) is 0 Å². The van der Waals surface area contributed by atoms with Crippen molar-refractivity contribution in [2.45, 2.75) is 13.5 Å². The van der Waals surface area contributed by atoms with Gasteiger partial charge >= 0.3 is 11.9 Å². The van der Waals surface area contributed by atoms with Crippen LogP contribution in [0.5, 0.6) is 5.75 Å². The van der Waals surface area contributed by atoms with E-state index in [-0.39, 0.29) is 24.5 Å². The zero-order valence-electron chi connectivity index (χ0n) is 14.0. The van der Waals surface area contributed by atoms with E-state index in [0.29, 0.717) is 21.5 Å². The zero-order valence-corrected chi connectivity index (χ0v) is 15.6. The van der Waals surface area contributed by atoms with Crippen LogP contribution in [0, 0.1) is 0 Å². The molecule has 0 aliphatic carbocycles. The van der Waals surface area contributed by atoms with Crippen LogP contribution in [0.2, 0.25) is 0 Å². The molecule has 0 fully saturated rings. The molecule has 0 bridgehead atoms. The molecule has 0 aliphatic rings. The first-order valence-electron chi connectivity index (χ1n) is 7.37. The van der Waals surface area contributed by atoms with Gasteiger partial charge in [0.1, 0.15) is 5.75 Å². The number of hydrogen-bond donors (Lipinski definition) is 1. The van der Waals surface area contributed by atoms with E-state index in [2.05, 4.69) is 21.0 Å². The molecule has 0 atom stereocenters. The van der Waals surface area contributed by atoms with E-state index in [1.54, 1.807) is 25.1 Å². The number of methoxy groups -OCH3 is 2. The highest BCUT2D eigenvalue weighted by Gasteiger charge is 2.23. The topological polar surface area (TPSA) is 106 Å². The molecule has 2 N–H and O–H groups in total. The predicted molar refractivity (Wildman–Crippen MR) is 93.7 cm³/mol. The summed E-state index contributed by atoms with van der Waals surface area (Å²) in [6, 6.07) is 4.87. The lowest BCUT2D eigenvalue weighted by Crippen LogP contribution is -2.16. The van der Waals surface area contributed by atoms with Crippen LogP contribution in [0.4, 0.5) is 5.69 Å². The molecule has 0 spiro atoms. The highest BCUT2D eigenvalue weighted by Crippen LogP contribution is 2.27. The largest absolute Gasteiger partial charge is 0.496 e. The van der Waals surface area contributed by atoms with Crippen molar-refractivity contribution >= 4 is 33.6 Å². The Morgan fingerprint density at radius 1 is 1.28 bits per heavy atom. The molecule has 9 heteroatoms. The van der Waals surface area contributed by atoms with Crippen molar-refractivity contribution in [3.05, 3.63) is 39.6 Å². The number of ether oxygens (including phenoxy) is 3. The minimum absolute atomic E-state index is 0.146. The first-order valence-corrected chi connectivity index (χ1v) is 8.16. The number of carbonyl (C=O) groups excluding carboxylic acids is 2. The number of esters is 2. The van der Waals surface area contributed by atoms with Gasteiger partial charge in [0.05, 0.1) is 38.6 Å². The summed E-state index contributed by atoms with van der Waals surface area (Å²) >= 11 is 3.22. The van der Waals surface area contributed by atoms with Crippen LogP contribution in [0.15, 0.2) is 22.8 Å². The molecule has 0 saturated heterocycles. The molecule has 2 aromatic rings. The van der Waals surface area contributed by atoms with Gasteiger partial charge < -0.3 is 19.9 Å². The third kappa shape index (κ3) is 3.93. The average Bonchev–Trinajstić information content (AvgIpc) is 2.88. The Balaban J connectivity index is 2.41. The fourth-order valence-corrected chi connectivity index (χ4v) is 2.64. The summed E-state index contributed by atoms with van der Waals surface area (Å²) in [5, 5.41) is 4.22. The minimum atomic E-state index is -0.566. The molecule has 1 aromatic carbocycles. The number of halogens is 1. The number of anilines is 1. The maximum atomic E-state index is 12.2. The lowest BCUT2D eigenvalue weighted by molar-refractivity contribution is 0.0513. The molecule has 0 aliphatic heterocycles. The zero-order chi connectivity index (χ0) is 18.6. The third-order valence-corrected chi connectivity index (χ3v) is 4.03. The van der Waals surface area contributed by atoms with Crippen LogP contribution in [0.3, 0.4) is 0 Å². The lowest BCUT2D eigenvalue weighted by atomic mass is 10.1. The van der Waals surface area contributed by atoms with Gasteiger partial charge in [-0.1, -0.05) is 6.07 Å². The summed E-state index contributed by atoms with van der Waals surface area (Å²) in [6.45, 7) is 2.13. The van der Waals surface area contributed by atoms with Crippen molar-refractivity contribution in [1.82, 2.24) is 9.78 Å². The quantitative estimate of drug-likeness (QED) is 0.726. The second kappa shape index (κ2) is 8.02. The smallest absolute Gasteiger partial charge is 0.358 e. The molecule has 0 radical (unpaired) electrons. The number of nitrogens with zero attached hydrogens (tertiary/aromatic N) is 2. The molecule has 134 valence electrons. The number of nitrogen functional groups attached to an aromatic ring is 1. The van der Waals surface area contributed by atoms with Crippen LogP contribution >= 0.6 is 15.9 Å². The average molecular weight is 412 g/mol. The number of benzene rings is 1. The summed E-state index contributed by atoms with van der Waals surface area (Å²) in [7, 11) is 2.79. The summed E-state index contributed by atoms with van der Waals surface area (Å²) in [5.74, 6) is -0.575. The van der Waals surface area contributed by atoms with Crippen molar-refractivity contribution in [3.8, 4) is 5.75 Å². The summed E-state index contributed by atoms with van der Waals surface area (Å²) in [5.41, 5.74) is 7.32. The normalized spacial score (nSPS) is 10.4. The second-order valence-corrected chi connectivity index (χ2v) is 5.70. The Labute approximate surface area is 153 Å². The van der Waals surface area contributed by atoms with Crippen LogP contribution in [0.1, 0.15) is 33.3 Å². The first-order chi connectivity index (χ1) is 11.9. The number of nitrogens with two attached hydrogens (primary N) is 1. The second-order valence-electron chi connectivity index (χ2n) is 4.95. The highest BCUT2D eigenvalue weighted by molar-refractivity contribution is 9.10. The summed E-state index contributed by atoms with van der Waals surface area (Å²) < 4.78 is 16.8. The monoisotopic (exact) mass is 411 g/mol. The van der Waals surface area contributed by atoms with Crippen LogP contribution in [-0.4, -0.2) is 42.5 Å². The maximum Gasteiger partial charge on any atom is 0.358 e. The van der Waals surface area contributed by atoms with Crippen molar-refractivity contribution < 1.29 is 23.8 Å². The van der Waals surface area contributed by atoms with Gasteiger partial charge in [0.15, 0.2) is 10.3 Å². The SMILES string of the molecule is CCOC(=O)c1c(N)c(Br)nn1Cc1ccc(C(=O)OC)cc1OC.